The minimum absolute atomic E-state index is 0.0469. The van der Waals surface area contributed by atoms with E-state index in [-0.39, 0.29) is 17.5 Å². The number of hydrogen-bond acceptors (Lipinski definition) is 5. The van der Waals surface area contributed by atoms with Gasteiger partial charge in [0.2, 0.25) is 5.91 Å². The molecule has 4 rings (SSSR count). The van der Waals surface area contributed by atoms with Crippen LogP contribution < -0.4 is 4.90 Å². The molecule has 0 bridgehead atoms. The molecule has 1 amide bonds. The highest BCUT2D eigenvalue weighted by atomic mass is 35.5. The molecule has 138 valence electrons. The number of carbonyl (C=O) groups excluding carboxylic acids is 1. The molecule has 3 aromatic heterocycles. The van der Waals surface area contributed by atoms with Crippen molar-refractivity contribution >= 4 is 23.3 Å². The third-order valence-corrected chi connectivity index (χ3v) is 4.84. The lowest BCUT2D eigenvalue weighted by Gasteiger charge is -2.26. The first-order valence-corrected chi connectivity index (χ1v) is 8.96. The number of H-pyrrole nitrogens is 1. The molecule has 27 heavy (non-hydrogen) atoms. The largest absolute Gasteiger partial charge is 0.297 e. The van der Waals surface area contributed by atoms with E-state index in [1.165, 1.54) is 12.3 Å². The summed E-state index contributed by atoms with van der Waals surface area (Å²) in [5.74, 6) is 0.0962. The average Bonchev–Trinajstić information content (AvgIpc) is 3.13. The van der Waals surface area contributed by atoms with Gasteiger partial charge in [-0.1, -0.05) is 11.6 Å². The zero-order chi connectivity index (χ0) is 18.8. The van der Waals surface area contributed by atoms with Crippen LogP contribution in [-0.4, -0.2) is 37.8 Å². The summed E-state index contributed by atoms with van der Waals surface area (Å²) in [5.41, 5.74) is 3.29. The number of aryl methyl sites for hydroxylation is 1. The van der Waals surface area contributed by atoms with E-state index in [0.717, 1.165) is 35.5 Å². The number of halogens is 2. The van der Waals surface area contributed by atoms with Gasteiger partial charge in [-0.15, -0.1) is 0 Å². The predicted octanol–water partition coefficient (Wildman–Crippen LogP) is 2.97. The standard InChI is InChI=1S/C18H16ClFN6O/c19-17-14(20)8-11(9-21-17)3-4-15(27)26-7-1-2-13-16(24-25-18(13)26)12-5-6-22-23-10-12/h5-6,8-10H,1-4,7H2,(H,24,25). The first-order chi connectivity index (χ1) is 13.1. The van der Waals surface area contributed by atoms with E-state index < -0.39 is 5.82 Å². The molecule has 0 spiro atoms. The van der Waals surface area contributed by atoms with Crippen LogP contribution in [0.4, 0.5) is 10.2 Å². The van der Waals surface area contributed by atoms with Crippen LogP contribution >= 0.6 is 11.6 Å². The number of nitrogens with one attached hydrogen (secondary N) is 1. The van der Waals surface area contributed by atoms with Gasteiger partial charge in [0.25, 0.3) is 0 Å². The lowest BCUT2D eigenvalue weighted by atomic mass is 10.0. The Morgan fingerprint density at radius 1 is 1.33 bits per heavy atom. The lowest BCUT2D eigenvalue weighted by molar-refractivity contribution is -0.118. The van der Waals surface area contributed by atoms with E-state index in [0.29, 0.717) is 18.5 Å². The van der Waals surface area contributed by atoms with Crippen molar-refractivity contribution in [1.29, 1.82) is 0 Å². The van der Waals surface area contributed by atoms with E-state index >= 15 is 0 Å². The van der Waals surface area contributed by atoms with Crippen LogP contribution in [0.15, 0.2) is 30.7 Å². The quantitative estimate of drug-likeness (QED) is 0.696. The topological polar surface area (TPSA) is 87.7 Å². The summed E-state index contributed by atoms with van der Waals surface area (Å²) in [6.45, 7) is 0.620. The van der Waals surface area contributed by atoms with Crippen molar-refractivity contribution in [2.24, 2.45) is 0 Å². The molecule has 3 aromatic rings. The Bertz CT molecular complexity index is 977. The van der Waals surface area contributed by atoms with Gasteiger partial charge in [-0.3, -0.25) is 14.8 Å². The highest BCUT2D eigenvalue weighted by Gasteiger charge is 2.27. The molecule has 9 heteroatoms. The van der Waals surface area contributed by atoms with E-state index in [9.17, 15) is 9.18 Å². The Kier molecular flexibility index (Phi) is 4.81. The zero-order valence-electron chi connectivity index (χ0n) is 14.3. The van der Waals surface area contributed by atoms with Crippen molar-refractivity contribution in [1.82, 2.24) is 25.4 Å². The molecule has 0 atom stereocenters. The number of amides is 1. The fourth-order valence-electron chi connectivity index (χ4n) is 3.24. The van der Waals surface area contributed by atoms with Gasteiger partial charge in [-0.2, -0.15) is 15.3 Å². The molecule has 0 aliphatic carbocycles. The molecule has 0 saturated carbocycles. The highest BCUT2D eigenvalue weighted by Crippen LogP contribution is 2.33. The summed E-state index contributed by atoms with van der Waals surface area (Å²) in [5, 5.41) is 14.9. The summed E-state index contributed by atoms with van der Waals surface area (Å²) in [4.78, 5) is 18.2. The Hall–Kier alpha value is -2.87. The SMILES string of the molecule is O=C(CCc1cnc(Cl)c(F)c1)N1CCCc2c(-c3ccnnc3)n[nH]c21. The number of fused-ring (bicyclic) bond motifs is 1. The van der Waals surface area contributed by atoms with Crippen molar-refractivity contribution < 1.29 is 9.18 Å². The maximum atomic E-state index is 13.5. The van der Waals surface area contributed by atoms with E-state index in [1.54, 1.807) is 17.3 Å². The van der Waals surface area contributed by atoms with E-state index in [4.69, 9.17) is 11.6 Å². The maximum Gasteiger partial charge on any atom is 0.228 e. The summed E-state index contributed by atoms with van der Waals surface area (Å²) in [6, 6.07) is 3.15. The molecule has 0 fully saturated rings. The number of aromatic amines is 1. The lowest BCUT2D eigenvalue weighted by Crippen LogP contribution is -2.35. The Morgan fingerprint density at radius 3 is 3.00 bits per heavy atom. The minimum atomic E-state index is -0.578. The van der Waals surface area contributed by atoms with Gasteiger partial charge < -0.3 is 0 Å². The zero-order valence-corrected chi connectivity index (χ0v) is 15.1. The average molecular weight is 387 g/mol. The van der Waals surface area contributed by atoms with Crippen LogP contribution in [0.2, 0.25) is 5.15 Å². The highest BCUT2D eigenvalue weighted by molar-refractivity contribution is 6.29. The van der Waals surface area contributed by atoms with Crippen molar-refractivity contribution in [3.8, 4) is 11.3 Å². The van der Waals surface area contributed by atoms with Gasteiger partial charge in [0.15, 0.2) is 11.0 Å². The van der Waals surface area contributed by atoms with Gasteiger partial charge in [-0.05, 0) is 37.0 Å². The van der Waals surface area contributed by atoms with Crippen molar-refractivity contribution in [3.63, 3.8) is 0 Å². The number of nitrogens with zero attached hydrogens (tertiary/aromatic N) is 5. The van der Waals surface area contributed by atoms with Gasteiger partial charge in [-0.25, -0.2) is 9.37 Å². The second kappa shape index (κ2) is 7.40. The Labute approximate surface area is 159 Å². The second-order valence-corrected chi connectivity index (χ2v) is 6.65. The molecule has 0 radical (unpaired) electrons. The molecule has 0 saturated heterocycles. The molecular formula is C18H16ClFN6O. The summed E-state index contributed by atoms with van der Waals surface area (Å²) in [6.07, 6.45) is 7.07. The molecule has 7 nitrogen and oxygen atoms in total. The third kappa shape index (κ3) is 3.52. The molecule has 1 N–H and O–H groups in total. The van der Waals surface area contributed by atoms with Crippen molar-refractivity contribution in [3.05, 3.63) is 52.8 Å². The summed E-state index contributed by atoms with van der Waals surface area (Å²) in [7, 11) is 0. The number of pyridine rings is 1. The number of carbonyl (C=O) groups is 1. The first-order valence-electron chi connectivity index (χ1n) is 8.58. The first kappa shape index (κ1) is 17.5. The number of aromatic nitrogens is 5. The van der Waals surface area contributed by atoms with Gasteiger partial charge >= 0.3 is 0 Å². The molecule has 1 aliphatic rings. The fourth-order valence-corrected chi connectivity index (χ4v) is 3.35. The van der Waals surface area contributed by atoms with Crippen LogP contribution in [0.25, 0.3) is 11.3 Å². The van der Waals surface area contributed by atoms with E-state index in [2.05, 4.69) is 25.4 Å². The molecule has 1 aliphatic heterocycles. The van der Waals surface area contributed by atoms with E-state index in [1.807, 2.05) is 6.07 Å². The normalized spacial score (nSPS) is 13.5. The predicted molar refractivity (Wildman–Crippen MR) is 97.8 cm³/mol. The molecule has 0 unspecified atom stereocenters. The van der Waals surface area contributed by atoms with Gasteiger partial charge in [0.1, 0.15) is 5.82 Å². The Balaban J connectivity index is 1.51. The Morgan fingerprint density at radius 2 is 2.22 bits per heavy atom. The van der Waals surface area contributed by atoms with Crippen LogP contribution in [0.5, 0.6) is 0 Å². The maximum absolute atomic E-state index is 13.5. The van der Waals surface area contributed by atoms with Gasteiger partial charge in [0, 0.05) is 30.3 Å². The molecular weight excluding hydrogens is 371 g/mol. The van der Waals surface area contributed by atoms with Gasteiger partial charge in [0.05, 0.1) is 18.1 Å². The van der Waals surface area contributed by atoms with Crippen molar-refractivity contribution in [2.75, 3.05) is 11.4 Å². The number of hydrogen-bond donors (Lipinski definition) is 1. The molecule has 0 aromatic carbocycles. The molecule has 4 heterocycles. The summed E-state index contributed by atoms with van der Waals surface area (Å²) < 4.78 is 13.5. The van der Waals surface area contributed by atoms with Crippen molar-refractivity contribution in [2.45, 2.75) is 25.7 Å². The fraction of sp³-hybridized carbons (Fsp3) is 0.278. The van der Waals surface area contributed by atoms with Crippen LogP contribution in [0.3, 0.4) is 0 Å². The van der Waals surface area contributed by atoms with Crippen LogP contribution in [-0.2, 0) is 17.6 Å². The smallest absolute Gasteiger partial charge is 0.228 e. The van der Waals surface area contributed by atoms with Crippen LogP contribution in [0.1, 0.15) is 24.0 Å². The minimum Gasteiger partial charge on any atom is -0.297 e. The van der Waals surface area contributed by atoms with Crippen LogP contribution in [0, 0.1) is 5.82 Å². The number of anilines is 1. The summed E-state index contributed by atoms with van der Waals surface area (Å²) >= 11 is 5.59. The third-order valence-electron chi connectivity index (χ3n) is 4.56. The second-order valence-electron chi connectivity index (χ2n) is 6.30. The number of rotatable bonds is 4. The monoisotopic (exact) mass is 386 g/mol.